The van der Waals surface area contributed by atoms with Gasteiger partial charge < -0.3 is 8.98 Å². The Bertz CT molecular complexity index is 3920. The quantitative estimate of drug-likeness (QED) is 0.168. The van der Waals surface area contributed by atoms with Crippen LogP contribution >= 0.6 is 11.3 Å². The van der Waals surface area contributed by atoms with Crippen molar-refractivity contribution in [3.8, 4) is 62.1 Å². The Morgan fingerprint density at radius 2 is 0.984 bits per heavy atom. The van der Waals surface area contributed by atoms with E-state index in [-0.39, 0.29) is 0 Å². The molecule has 13 rings (SSSR count). The van der Waals surface area contributed by atoms with Crippen LogP contribution in [0.5, 0.6) is 0 Å². The summed E-state index contributed by atoms with van der Waals surface area (Å²) in [5.74, 6) is 1.84. The smallest absolute Gasteiger partial charge is 0.164 e. The number of hydrogen-bond donors (Lipinski definition) is 0. The summed E-state index contributed by atoms with van der Waals surface area (Å²) in [6.07, 6.45) is 0. The second-order valence-corrected chi connectivity index (χ2v) is 17.1. The number of nitrogens with zero attached hydrogens (tertiary/aromatic N) is 4. The Morgan fingerprint density at radius 1 is 0.349 bits per heavy atom. The van der Waals surface area contributed by atoms with Crippen LogP contribution in [0.4, 0.5) is 0 Å². The van der Waals surface area contributed by atoms with Gasteiger partial charge in [0.05, 0.1) is 11.0 Å². The standard InChI is InChI=1S/C57H34N4OS/c1-3-13-35(14-4-1)37-17-11-18-38(31-37)39-26-29-49-46(32-39)42-19-7-9-22-48(42)61(49)41-27-30-52-47(34-41)54-45(21-12-24-53(54)63-52)57-59-55(36-15-5-2-6-16-36)58-56(60-57)40-25-28-44-43-20-8-10-23-50(43)62-51(44)33-40/h1-34H. The van der Waals surface area contributed by atoms with E-state index in [9.17, 15) is 0 Å². The van der Waals surface area contributed by atoms with Crippen molar-refractivity contribution in [2.45, 2.75) is 0 Å². The van der Waals surface area contributed by atoms with Crippen LogP contribution in [0.2, 0.25) is 0 Å². The van der Waals surface area contributed by atoms with E-state index in [2.05, 4.69) is 168 Å². The number of rotatable bonds is 6. The minimum Gasteiger partial charge on any atom is -0.456 e. The van der Waals surface area contributed by atoms with Crippen molar-refractivity contribution in [2.24, 2.45) is 0 Å². The zero-order valence-electron chi connectivity index (χ0n) is 33.7. The lowest BCUT2D eigenvalue weighted by Crippen LogP contribution is -2.00. The van der Waals surface area contributed by atoms with Crippen molar-refractivity contribution in [2.75, 3.05) is 0 Å². The number of fused-ring (bicyclic) bond motifs is 9. The third-order valence-corrected chi connectivity index (χ3v) is 13.4. The average Bonchev–Trinajstić information content (AvgIpc) is 4.03. The molecule has 13 aromatic rings. The van der Waals surface area contributed by atoms with Crippen LogP contribution in [0.3, 0.4) is 0 Å². The molecular formula is C57H34N4OS. The van der Waals surface area contributed by atoms with Crippen molar-refractivity contribution in [3.63, 3.8) is 0 Å². The predicted molar refractivity (Wildman–Crippen MR) is 262 cm³/mol. The maximum atomic E-state index is 6.31. The molecule has 0 bridgehead atoms. The molecule has 0 saturated carbocycles. The van der Waals surface area contributed by atoms with Crippen LogP contribution < -0.4 is 0 Å². The lowest BCUT2D eigenvalue weighted by atomic mass is 9.98. The molecule has 9 aromatic carbocycles. The van der Waals surface area contributed by atoms with Gasteiger partial charge in [-0.15, -0.1) is 11.3 Å². The van der Waals surface area contributed by atoms with Gasteiger partial charge in [-0.1, -0.05) is 140 Å². The van der Waals surface area contributed by atoms with E-state index >= 15 is 0 Å². The first-order valence-electron chi connectivity index (χ1n) is 21.1. The summed E-state index contributed by atoms with van der Waals surface area (Å²) in [4.78, 5) is 15.5. The van der Waals surface area contributed by atoms with Gasteiger partial charge in [-0.2, -0.15) is 0 Å². The summed E-state index contributed by atoms with van der Waals surface area (Å²) in [6.45, 7) is 0. The average molecular weight is 823 g/mol. The molecule has 6 heteroatoms. The van der Waals surface area contributed by atoms with Gasteiger partial charge in [-0.3, -0.25) is 0 Å². The maximum absolute atomic E-state index is 6.31. The SMILES string of the molecule is c1ccc(-c2cccc(-c3ccc4c(c3)c3ccccc3n4-c3ccc4sc5cccc(-c6nc(-c7ccccc7)nc(-c7ccc8c(c7)oc7ccccc78)n6)c5c4c3)c2)cc1. The van der Waals surface area contributed by atoms with Gasteiger partial charge in [-0.05, 0) is 89.0 Å². The molecule has 0 atom stereocenters. The number of thiophene rings is 1. The highest BCUT2D eigenvalue weighted by molar-refractivity contribution is 7.26. The van der Waals surface area contributed by atoms with Crippen LogP contribution in [-0.4, -0.2) is 19.5 Å². The molecule has 0 unspecified atom stereocenters. The molecule has 0 amide bonds. The minimum absolute atomic E-state index is 0.592. The van der Waals surface area contributed by atoms with Gasteiger partial charge in [0.2, 0.25) is 0 Å². The Labute approximate surface area is 365 Å². The highest BCUT2D eigenvalue weighted by atomic mass is 32.1. The van der Waals surface area contributed by atoms with Gasteiger partial charge in [0.25, 0.3) is 0 Å². The second-order valence-electron chi connectivity index (χ2n) is 16.0. The monoisotopic (exact) mass is 822 g/mol. The summed E-state index contributed by atoms with van der Waals surface area (Å²) in [5, 5.41) is 6.88. The molecule has 4 heterocycles. The van der Waals surface area contributed by atoms with Gasteiger partial charge in [0, 0.05) is 64.1 Å². The van der Waals surface area contributed by atoms with Crippen molar-refractivity contribution in [3.05, 3.63) is 206 Å². The third kappa shape index (κ3) is 5.87. The normalized spacial score (nSPS) is 11.8. The zero-order valence-corrected chi connectivity index (χ0v) is 34.6. The van der Waals surface area contributed by atoms with E-state index in [1.54, 1.807) is 11.3 Å². The molecule has 4 aromatic heterocycles. The van der Waals surface area contributed by atoms with Crippen molar-refractivity contribution >= 4 is 75.3 Å². The number of furan rings is 1. The summed E-state index contributed by atoms with van der Waals surface area (Å²) < 4.78 is 11.1. The van der Waals surface area contributed by atoms with Crippen LogP contribution in [0.15, 0.2) is 211 Å². The Hall–Kier alpha value is -8.19. The van der Waals surface area contributed by atoms with E-state index in [4.69, 9.17) is 19.4 Å². The van der Waals surface area contributed by atoms with Crippen LogP contribution in [-0.2, 0) is 0 Å². The van der Waals surface area contributed by atoms with E-state index in [1.165, 1.54) is 42.4 Å². The number of benzene rings is 9. The van der Waals surface area contributed by atoms with E-state index in [0.717, 1.165) is 66.1 Å². The minimum atomic E-state index is 0.592. The topological polar surface area (TPSA) is 56.7 Å². The first-order chi connectivity index (χ1) is 31.2. The van der Waals surface area contributed by atoms with E-state index in [1.807, 2.05) is 42.5 Å². The molecule has 0 saturated heterocycles. The van der Waals surface area contributed by atoms with Crippen LogP contribution in [0.1, 0.15) is 0 Å². The number of para-hydroxylation sites is 2. The molecular weight excluding hydrogens is 789 g/mol. The number of aromatic nitrogens is 4. The Morgan fingerprint density at radius 3 is 1.84 bits per heavy atom. The van der Waals surface area contributed by atoms with Crippen molar-refractivity contribution in [1.82, 2.24) is 19.5 Å². The molecule has 0 aliphatic rings. The first kappa shape index (κ1) is 35.6. The molecule has 0 aliphatic heterocycles. The van der Waals surface area contributed by atoms with E-state index < -0.39 is 0 Å². The highest BCUT2D eigenvalue weighted by Crippen LogP contribution is 2.43. The van der Waals surface area contributed by atoms with Gasteiger partial charge in [0.15, 0.2) is 17.5 Å². The second kappa shape index (κ2) is 14.2. The fourth-order valence-electron chi connectivity index (χ4n) is 9.29. The van der Waals surface area contributed by atoms with Crippen molar-refractivity contribution < 1.29 is 4.42 Å². The Kier molecular flexibility index (Phi) is 8.01. The largest absolute Gasteiger partial charge is 0.456 e. The fourth-order valence-corrected chi connectivity index (χ4v) is 10.4. The van der Waals surface area contributed by atoms with Gasteiger partial charge in [-0.25, -0.2) is 15.0 Å². The summed E-state index contributed by atoms with van der Waals surface area (Å²) in [7, 11) is 0. The zero-order chi connectivity index (χ0) is 41.4. The first-order valence-corrected chi connectivity index (χ1v) is 21.9. The fraction of sp³-hybridized carbons (Fsp3) is 0. The number of hydrogen-bond acceptors (Lipinski definition) is 5. The predicted octanol–water partition coefficient (Wildman–Crippen LogP) is 15.6. The lowest BCUT2D eigenvalue weighted by molar-refractivity contribution is 0.669. The molecule has 294 valence electrons. The van der Waals surface area contributed by atoms with E-state index in [0.29, 0.717) is 17.5 Å². The van der Waals surface area contributed by atoms with Crippen LogP contribution in [0, 0.1) is 0 Å². The van der Waals surface area contributed by atoms with Crippen molar-refractivity contribution in [1.29, 1.82) is 0 Å². The molecule has 0 fully saturated rings. The molecule has 0 N–H and O–H groups in total. The van der Waals surface area contributed by atoms with Gasteiger partial charge >= 0.3 is 0 Å². The lowest BCUT2D eigenvalue weighted by Gasteiger charge is -2.11. The van der Waals surface area contributed by atoms with Crippen LogP contribution in [0.25, 0.3) is 126 Å². The molecule has 5 nitrogen and oxygen atoms in total. The molecule has 0 spiro atoms. The molecule has 0 aliphatic carbocycles. The highest BCUT2D eigenvalue weighted by Gasteiger charge is 2.20. The van der Waals surface area contributed by atoms with Gasteiger partial charge in [0.1, 0.15) is 11.2 Å². The third-order valence-electron chi connectivity index (χ3n) is 12.3. The Balaban J connectivity index is 0.974. The molecule has 63 heavy (non-hydrogen) atoms. The summed E-state index contributed by atoms with van der Waals surface area (Å²) in [5.41, 5.74) is 12.6. The summed E-state index contributed by atoms with van der Waals surface area (Å²) in [6, 6.07) is 72.9. The summed E-state index contributed by atoms with van der Waals surface area (Å²) >= 11 is 1.79. The molecule has 0 radical (unpaired) electrons. The maximum Gasteiger partial charge on any atom is 0.164 e.